The predicted molar refractivity (Wildman–Crippen MR) is 95.5 cm³/mol. The highest BCUT2D eigenvalue weighted by molar-refractivity contribution is 7.91. The van der Waals surface area contributed by atoms with E-state index < -0.39 is 15.7 Å². The van der Waals surface area contributed by atoms with Crippen LogP contribution in [0.15, 0.2) is 23.1 Å². The number of nitrogens with zero attached hydrogens (tertiary/aromatic N) is 2. The summed E-state index contributed by atoms with van der Waals surface area (Å²) in [6, 6.07) is 3.43. The Morgan fingerprint density at radius 1 is 1.40 bits per heavy atom. The highest BCUT2D eigenvalue weighted by Gasteiger charge is 2.28. The quantitative estimate of drug-likeness (QED) is 0.870. The van der Waals surface area contributed by atoms with E-state index in [1.54, 1.807) is 16.7 Å². The first-order valence-electron chi connectivity index (χ1n) is 8.30. The number of carbonyl (C=O) groups excluding carboxylic acids is 1. The fourth-order valence-electron chi connectivity index (χ4n) is 3.13. The molecule has 8 heteroatoms. The number of aromatic nitrogens is 2. The summed E-state index contributed by atoms with van der Waals surface area (Å²) in [6.45, 7) is 4.60. The average molecular weight is 363 g/mol. The van der Waals surface area contributed by atoms with E-state index in [9.17, 15) is 18.0 Å². The van der Waals surface area contributed by atoms with Crippen molar-refractivity contribution < 1.29 is 13.2 Å². The van der Waals surface area contributed by atoms with Crippen molar-refractivity contribution in [2.24, 2.45) is 5.92 Å². The molecular formula is C17H21N3O4S. The molecule has 1 amide bonds. The van der Waals surface area contributed by atoms with Crippen LogP contribution in [0.5, 0.6) is 0 Å². The summed E-state index contributed by atoms with van der Waals surface area (Å²) in [7, 11) is -2.99. The smallest absolute Gasteiger partial charge is 0.256 e. The summed E-state index contributed by atoms with van der Waals surface area (Å²) < 4.78 is 24.8. The van der Waals surface area contributed by atoms with Gasteiger partial charge >= 0.3 is 0 Å². The zero-order valence-electron chi connectivity index (χ0n) is 14.3. The number of pyridine rings is 2. The van der Waals surface area contributed by atoms with E-state index in [1.807, 2.05) is 13.8 Å². The van der Waals surface area contributed by atoms with Crippen molar-refractivity contribution in [3.05, 3.63) is 39.8 Å². The number of carbonyl (C=O) groups is 1. The molecule has 1 aliphatic heterocycles. The second kappa shape index (κ2) is 6.59. The molecule has 1 N–H and O–H groups in total. The highest BCUT2D eigenvalue weighted by Crippen LogP contribution is 2.17. The molecule has 1 unspecified atom stereocenters. The average Bonchev–Trinajstić information content (AvgIpc) is 2.92. The van der Waals surface area contributed by atoms with Gasteiger partial charge < -0.3 is 9.88 Å². The van der Waals surface area contributed by atoms with Crippen LogP contribution in [0.2, 0.25) is 0 Å². The van der Waals surface area contributed by atoms with Gasteiger partial charge in [0.15, 0.2) is 9.84 Å². The lowest BCUT2D eigenvalue weighted by atomic mass is 10.1. The summed E-state index contributed by atoms with van der Waals surface area (Å²) >= 11 is 0. The van der Waals surface area contributed by atoms with Gasteiger partial charge in [-0.05, 0) is 38.3 Å². The molecule has 3 heterocycles. The third-order valence-corrected chi connectivity index (χ3v) is 6.36. The normalized spacial score (nSPS) is 19.2. The van der Waals surface area contributed by atoms with Crippen LogP contribution in [0.25, 0.3) is 11.0 Å². The molecule has 0 spiro atoms. The molecule has 0 aromatic carbocycles. The Kier molecular flexibility index (Phi) is 4.64. The van der Waals surface area contributed by atoms with Crippen molar-refractivity contribution in [1.29, 1.82) is 0 Å². The van der Waals surface area contributed by atoms with Crippen LogP contribution in [0, 0.1) is 12.8 Å². The minimum Gasteiger partial charge on any atom is -0.352 e. The SMILES string of the molecule is CCn1cc(C(=O)NCC2CCS(=O)(=O)C2)c(=O)c2ccc(C)nc21. The van der Waals surface area contributed by atoms with Gasteiger partial charge in [-0.1, -0.05) is 0 Å². The van der Waals surface area contributed by atoms with Crippen molar-refractivity contribution in [3.8, 4) is 0 Å². The van der Waals surface area contributed by atoms with Gasteiger partial charge in [0.05, 0.1) is 16.9 Å². The van der Waals surface area contributed by atoms with Gasteiger partial charge in [0, 0.05) is 25.0 Å². The maximum Gasteiger partial charge on any atom is 0.256 e. The Morgan fingerprint density at radius 3 is 2.80 bits per heavy atom. The Hall–Kier alpha value is -2.22. The van der Waals surface area contributed by atoms with Crippen LogP contribution in [0.1, 0.15) is 29.4 Å². The molecule has 7 nitrogen and oxygen atoms in total. The number of fused-ring (bicyclic) bond motifs is 1. The molecule has 0 radical (unpaired) electrons. The van der Waals surface area contributed by atoms with Gasteiger partial charge in [-0.2, -0.15) is 0 Å². The molecule has 1 fully saturated rings. The van der Waals surface area contributed by atoms with Gasteiger partial charge in [0.1, 0.15) is 11.2 Å². The number of nitrogens with one attached hydrogen (secondary N) is 1. The molecule has 1 atom stereocenters. The molecule has 3 rings (SSSR count). The van der Waals surface area contributed by atoms with Crippen LogP contribution < -0.4 is 10.7 Å². The molecule has 25 heavy (non-hydrogen) atoms. The maximum absolute atomic E-state index is 12.6. The van der Waals surface area contributed by atoms with Gasteiger partial charge in [-0.3, -0.25) is 9.59 Å². The van der Waals surface area contributed by atoms with Crippen LogP contribution in [-0.4, -0.2) is 41.9 Å². The highest BCUT2D eigenvalue weighted by atomic mass is 32.2. The molecule has 1 saturated heterocycles. The van der Waals surface area contributed by atoms with Gasteiger partial charge in [0.2, 0.25) is 5.43 Å². The fourth-order valence-corrected chi connectivity index (χ4v) is 4.99. The van der Waals surface area contributed by atoms with E-state index in [0.717, 1.165) is 5.69 Å². The summed E-state index contributed by atoms with van der Waals surface area (Å²) in [4.78, 5) is 29.5. The molecule has 0 bridgehead atoms. The van der Waals surface area contributed by atoms with E-state index in [4.69, 9.17) is 0 Å². The van der Waals surface area contributed by atoms with E-state index in [-0.39, 0.29) is 35.0 Å². The molecule has 134 valence electrons. The van der Waals surface area contributed by atoms with Crippen LogP contribution in [0.3, 0.4) is 0 Å². The van der Waals surface area contributed by atoms with Gasteiger partial charge in [-0.25, -0.2) is 13.4 Å². The molecule has 2 aromatic rings. The van der Waals surface area contributed by atoms with Crippen molar-refractivity contribution >= 4 is 26.8 Å². The monoisotopic (exact) mass is 363 g/mol. The van der Waals surface area contributed by atoms with E-state index in [1.165, 1.54) is 6.20 Å². The van der Waals surface area contributed by atoms with Crippen molar-refractivity contribution in [2.75, 3.05) is 18.1 Å². The van der Waals surface area contributed by atoms with E-state index in [2.05, 4.69) is 10.3 Å². The number of hydrogen-bond donors (Lipinski definition) is 1. The molecule has 1 aliphatic rings. The van der Waals surface area contributed by atoms with Crippen molar-refractivity contribution in [2.45, 2.75) is 26.8 Å². The summed E-state index contributed by atoms with van der Waals surface area (Å²) in [5, 5.41) is 3.12. The minimum atomic E-state index is -2.99. The largest absolute Gasteiger partial charge is 0.352 e. The first-order valence-corrected chi connectivity index (χ1v) is 10.1. The van der Waals surface area contributed by atoms with E-state index >= 15 is 0 Å². The third-order valence-electron chi connectivity index (χ3n) is 4.52. The zero-order valence-corrected chi connectivity index (χ0v) is 15.1. The minimum absolute atomic E-state index is 0.0563. The van der Waals surface area contributed by atoms with Crippen LogP contribution in [0.4, 0.5) is 0 Å². The Morgan fingerprint density at radius 2 is 2.16 bits per heavy atom. The zero-order chi connectivity index (χ0) is 18.2. The second-order valence-electron chi connectivity index (χ2n) is 6.46. The topological polar surface area (TPSA) is 98.1 Å². The molecule has 0 saturated carbocycles. The maximum atomic E-state index is 12.6. The molecule has 0 aliphatic carbocycles. The third kappa shape index (κ3) is 3.58. The lowest BCUT2D eigenvalue weighted by molar-refractivity contribution is 0.0947. The number of sulfone groups is 1. The van der Waals surface area contributed by atoms with Crippen LogP contribution in [-0.2, 0) is 16.4 Å². The lowest BCUT2D eigenvalue weighted by Gasteiger charge is -2.13. The van der Waals surface area contributed by atoms with Gasteiger partial charge in [-0.15, -0.1) is 0 Å². The predicted octanol–water partition coefficient (Wildman–Crippen LogP) is 0.889. The molecular weight excluding hydrogens is 342 g/mol. The first kappa shape index (κ1) is 17.6. The van der Waals surface area contributed by atoms with Crippen molar-refractivity contribution in [1.82, 2.24) is 14.9 Å². The Labute approximate surface area is 146 Å². The number of hydrogen-bond acceptors (Lipinski definition) is 5. The standard InChI is InChI=1S/C17H21N3O4S/c1-3-20-9-14(15(21)13-5-4-11(2)19-16(13)20)17(22)18-8-12-6-7-25(23,24)10-12/h4-5,9,12H,3,6-8,10H2,1-2H3,(H,18,22). The van der Waals surface area contributed by atoms with Crippen molar-refractivity contribution in [3.63, 3.8) is 0 Å². The Bertz CT molecular complexity index is 995. The number of rotatable bonds is 4. The summed E-state index contributed by atoms with van der Waals surface area (Å²) in [5.74, 6) is -0.309. The number of amides is 1. The fraction of sp³-hybridized carbons (Fsp3) is 0.471. The molecule has 2 aromatic heterocycles. The first-order chi connectivity index (χ1) is 11.8. The summed E-state index contributed by atoms with van der Waals surface area (Å²) in [6.07, 6.45) is 2.07. The lowest BCUT2D eigenvalue weighted by Crippen LogP contribution is -2.33. The number of aryl methyl sites for hydroxylation is 2. The Balaban J connectivity index is 1.88. The summed E-state index contributed by atoms with van der Waals surface area (Å²) in [5.41, 5.74) is 1.06. The second-order valence-corrected chi connectivity index (χ2v) is 8.69. The van der Waals surface area contributed by atoms with Gasteiger partial charge in [0.25, 0.3) is 5.91 Å². The van der Waals surface area contributed by atoms with E-state index in [0.29, 0.717) is 24.0 Å². The van der Waals surface area contributed by atoms with Crippen LogP contribution >= 0.6 is 0 Å².